The van der Waals surface area contributed by atoms with Gasteiger partial charge in [-0.2, -0.15) is 0 Å². The first-order valence-corrected chi connectivity index (χ1v) is 13.7. The molecule has 1 aliphatic heterocycles. The highest BCUT2D eigenvalue weighted by molar-refractivity contribution is 7.91. The molecule has 1 aromatic carbocycles. The summed E-state index contributed by atoms with van der Waals surface area (Å²) in [7, 11) is -3.06. The summed E-state index contributed by atoms with van der Waals surface area (Å²) >= 11 is 0. The van der Waals surface area contributed by atoms with Crippen molar-refractivity contribution < 1.29 is 22.4 Å². The van der Waals surface area contributed by atoms with E-state index in [9.17, 15) is 18.0 Å². The molecule has 0 spiro atoms. The minimum Gasteiger partial charge on any atom is -0.381 e. The number of benzene rings is 1. The van der Waals surface area contributed by atoms with Gasteiger partial charge in [-0.3, -0.25) is 9.59 Å². The second-order valence-corrected chi connectivity index (χ2v) is 13.0. The van der Waals surface area contributed by atoms with Gasteiger partial charge in [-0.15, -0.1) is 0 Å². The summed E-state index contributed by atoms with van der Waals surface area (Å²) in [6, 6.07) is 2.83. The van der Waals surface area contributed by atoms with Gasteiger partial charge in [0.05, 0.1) is 28.4 Å². The third kappa shape index (κ3) is 3.93. The van der Waals surface area contributed by atoms with E-state index in [0.717, 1.165) is 41.8 Å². The fourth-order valence-corrected chi connectivity index (χ4v) is 7.37. The Hall–Kier alpha value is -2.68. The van der Waals surface area contributed by atoms with Crippen molar-refractivity contribution in [3.8, 4) is 5.69 Å². The van der Waals surface area contributed by atoms with Gasteiger partial charge in [0.2, 0.25) is 0 Å². The normalized spacial score (nSPS) is 21.2. The van der Waals surface area contributed by atoms with E-state index in [2.05, 4.69) is 19.2 Å². The lowest BCUT2D eigenvalue weighted by Crippen LogP contribution is -2.33. The molecule has 3 N–H and O–H groups in total. The topological polar surface area (TPSA) is 111 Å². The van der Waals surface area contributed by atoms with Crippen molar-refractivity contribution in [1.29, 1.82) is 0 Å². The Morgan fingerprint density at radius 3 is 2.53 bits per heavy atom. The van der Waals surface area contributed by atoms with E-state index in [1.807, 2.05) is 4.57 Å². The van der Waals surface area contributed by atoms with Gasteiger partial charge in [0.15, 0.2) is 5.78 Å². The van der Waals surface area contributed by atoms with Gasteiger partial charge in [-0.05, 0) is 61.6 Å². The second kappa shape index (κ2) is 7.93. The number of primary amides is 1. The highest BCUT2D eigenvalue weighted by Gasteiger charge is 2.39. The van der Waals surface area contributed by atoms with Gasteiger partial charge >= 0.3 is 0 Å². The molecule has 34 heavy (non-hydrogen) atoms. The fourth-order valence-electron chi connectivity index (χ4n) is 5.88. The van der Waals surface area contributed by atoms with E-state index >= 15 is 4.39 Å². The van der Waals surface area contributed by atoms with Crippen molar-refractivity contribution >= 4 is 27.2 Å². The maximum absolute atomic E-state index is 15.3. The number of nitrogens with two attached hydrogens (primary N) is 1. The minimum absolute atomic E-state index is 0.0502. The van der Waals surface area contributed by atoms with Gasteiger partial charge in [-0.25, -0.2) is 12.8 Å². The standard InChI is InChI=1S/C25H30FN3O4S/c1-25(2)12-20-22(21(30)13-25)16-4-3-5-19(16)29(20)15-10-17(26)23(24(27)31)18(11-15)28-14-6-8-34(32,33)9-7-14/h10-11,14,28H,3-9,12-13H2,1-2H3,(H2,27,31). The number of carbonyl (C=O) groups is 2. The maximum Gasteiger partial charge on any atom is 0.253 e. The number of halogens is 1. The number of nitrogens with one attached hydrogen (secondary N) is 1. The third-order valence-corrected chi connectivity index (χ3v) is 9.09. The first-order valence-electron chi connectivity index (χ1n) is 11.8. The molecule has 1 amide bonds. The summed E-state index contributed by atoms with van der Waals surface area (Å²) < 4.78 is 41.0. The number of Topliss-reactive ketones (excluding diaryl/α,β-unsaturated/α-hetero) is 1. The summed E-state index contributed by atoms with van der Waals surface area (Å²) in [4.78, 5) is 25.2. The number of anilines is 1. The molecule has 3 aliphatic rings. The van der Waals surface area contributed by atoms with Crippen LogP contribution < -0.4 is 11.1 Å². The molecule has 0 unspecified atom stereocenters. The summed E-state index contributed by atoms with van der Waals surface area (Å²) in [5.41, 5.74) is 9.72. The first kappa shape index (κ1) is 23.1. The van der Waals surface area contributed by atoms with Crippen LogP contribution in [0.1, 0.15) is 77.2 Å². The van der Waals surface area contributed by atoms with Crippen LogP contribution in [-0.4, -0.2) is 42.2 Å². The van der Waals surface area contributed by atoms with Crippen LogP contribution in [0, 0.1) is 11.2 Å². The molecule has 182 valence electrons. The Balaban J connectivity index is 1.63. The van der Waals surface area contributed by atoms with Crippen molar-refractivity contribution in [3.63, 3.8) is 0 Å². The number of sulfone groups is 1. The molecule has 2 heterocycles. The van der Waals surface area contributed by atoms with E-state index in [1.54, 1.807) is 6.07 Å². The van der Waals surface area contributed by atoms with E-state index in [1.165, 1.54) is 6.07 Å². The van der Waals surface area contributed by atoms with Gasteiger partial charge in [0.25, 0.3) is 5.91 Å². The summed E-state index contributed by atoms with van der Waals surface area (Å²) in [5, 5.41) is 3.20. The number of nitrogens with zero attached hydrogens (tertiary/aromatic N) is 1. The van der Waals surface area contributed by atoms with Crippen LogP contribution in [0.5, 0.6) is 0 Å². The zero-order valence-electron chi connectivity index (χ0n) is 19.5. The van der Waals surface area contributed by atoms with Gasteiger partial charge < -0.3 is 15.6 Å². The van der Waals surface area contributed by atoms with Crippen LogP contribution in [0.15, 0.2) is 12.1 Å². The number of hydrogen-bond donors (Lipinski definition) is 2. The molecule has 1 fully saturated rings. The number of aromatic nitrogens is 1. The highest BCUT2D eigenvalue weighted by Crippen LogP contribution is 2.43. The van der Waals surface area contributed by atoms with Gasteiger partial charge in [0, 0.05) is 29.4 Å². The zero-order valence-corrected chi connectivity index (χ0v) is 20.4. The minimum atomic E-state index is -3.06. The van der Waals surface area contributed by atoms with Crippen molar-refractivity contribution in [2.24, 2.45) is 11.1 Å². The average molecular weight is 488 g/mol. The molecule has 5 rings (SSSR count). The summed E-state index contributed by atoms with van der Waals surface area (Å²) in [6.45, 7) is 4.13. The molecule has 1 aromatic heterocycles. The number of rotatable bonds is 4. The number of amides is 1. The van der Waals surface area contributed by atoms with Crippen LogP contribution >= 0.6 is 0 Å². The summed E-state index contributed by atoms with van der Waals surface area (Å²) in [6.07, 6.45) is 4.52. The van der Waals surface area contributed by atoms with Gasteiger partial charge in [-0.1, -0.05) is 13.8 Å². The van der Waals surface area contributed by atoms with Crippen LogP contribution in [0.2, 0.25) is 0 Å². The number of fused-ring (bicyclic) bond motifs is 3. The van der Waals surface area contributed by atoms with Crippen LogP contribution in [-0.2, 0) is 29.1 Å². The molecule has 0 bridgehead atoms. The maximum atomic E-state index is 15.3. The van der Waals surface area contributed by atoms with Crippen LogP contribution in [0.3, 0.4) is 0 Å². The van der Waals surface area contributed by atoms with Crippen LogP contribution in [0.25, 0.3) is 5.69 Å². The largest absolute Gasteiger partial charge is 0.381 e. The van der Waals surface area contributed by atoms with Gasteiger partial charge in [0.1, 0.15) is 15.7 Å². The Kier molecular flexibility index (Phi) is 5.39. The zero-order chi connectivity index (χ0) is 24.4. The smallest absolute Gasteiger partial charge is 0.253 e. The van der Waals surface area contributed by atoms with E-state index < -0.39 is 21.6 Å². The highest BCUT2D eigenvalue weighted by atomic mass is 32.2. The van der Waals surface area contributed by atoms with E-state index in [4.69, 9.17) is 5.73 Å². The van der Waals surface area contributed by atoms with E-state index in [-0.39, 0.29) is 40.0 Å². The average Bonchev–Trinajstić information content (AvgIpc) is 3.27. The van der Waals surface area contributed by atoms with Crippen molar-refractivity contribution in [2.45, 2.75) is 64.8 Å². The molecular formula is C25H30FN3O4S. The Morgan fingerprint density at radius 1 is 1.15 bits per heavy atom. The van der Waals surface area contributed by atoms with E-state index in [0.29, 0.717) is 31.4 Å². The third-order valence-electron chi connectivity index (χ3n) is 7.38. The lowest BCUT2D eigenvalue weighted by atomic mass is 9.75. The van der Waals surface area contributed by atoms with Crippen molar-refractivity contribution in [3.05, 3.63) is 46.0 Å². The number of ketones is 1. The molecule has 0 saturated carbocycles. The predicted molar refractivity (Wildman–Crippen MR) is 128 cm³/mol. The lowest BCUT2D eigenvalue weighted by Gasteiger charge is -2.30. The second-order valence-electron chi connectivity index (χ2n) is 10.7. The Labute approximate surface area is 198 Å². The number of hydrogen-bond acceptors (Lipinski definition) is 5. The Bertz CT molecular complexity index is 1310. The molecule has 2 aliphatic carbocycles. The van der Waals surface area contributed by atoms with Crippen LogP contribution in [0.4, 0.5) is 10.1 Å². The first-order chi connectivity index (χ1) is 16.0. The fraction of sp³-hybridized carbons (Fsp3) is 0.520. The molecule has 1 saturated heterocycles. The van der Waals surface area contributed by atoms with Crippen molar-refractivity contribution in [2.75, 3.05) is 16.8 Å². The molecule has 9 heteroatoms. The lowest BCUT2D eigenvalue weighted by molar-refractivity contribution is 0.0909. The molecular weight excluding hydrogens is 457 g/mol. The van der Waals surface area contributed by atoms with Crippen molar-refractivity contribution in [1.82, 2.24) is 4.57 Å². The molecule has 2 aromatic rings. The monoisotopic (exact) mass is 487 g/mol. The summed E-state index contributed by atoms with van der Waals surface area (Å²) in [5.74, 6) is -1.37. The predicted octanol–water partition coefficient (Wildman–Crippen LogP) is 3.35. The quantitative estimate of drug-likeness (QED) is 0.687. The molecule has 0 radical (unpaired) electrons. The SMILES string of the molecule is CC1(C)CC(=O)c2c3c(n(-c4cc(F)c(C(N)=O)c(NC5CCS(=O)(=O)CC5)c4)c2C1)CCC3. The Morgan fingerprint density at radius 2 is 1.85 bits per heavy atom. The number of carbonyl (C=O) groups excluding carboxylic acids is 2. The molecule has 7 nitrogen and oxygen atoms in total. The molecule has 0 atom stereocenters.